The topological polar surface area (TPSA) is 35.5 Å². The summed E-state index contributed by atoms with van der Waals surface area (Å²) in [5.74, 6) is -1.26. The van der Waals surface area contributed by atoms with Gasteiger partial charge in [0.1, 0.15) is 5.92 Å². The summed E-state index contributed by atoms with van der Waals surface area (Å²) in [6.45, 7) is 0.0536. The molecule has 0 amide bonds. The van der Waals surface area contributed by atoms with Gasteiger partial charge in [0.2, 0.25) is 0 Å². The molecule has 1 aromatic rings. The molecule has 100 valence electrons. The first-order chi connectivity index (χ1) is 8.40. The van der Waals surface area contributed by atoms with Crippen LogP contribution in [0.3, 0.4) is 0 Å². The van der Waals surface area contributed by atoms with Gasteiger partial charge in [-0.25, -0.2) is 0 Å². The molecular weight excluding hydrogens is 249 g/mol. The van der Waals surface area contributed by atoms with Gasteiger partial charge in [0.05, 0.1) is 19.3 Å². The summed E-state index contributed by atoms with van der Waals surface area (Å²) in [5.41, 5.74) is -0.330. The van der Waals surface area contributed by atoms with Crippen molar-refractivity contribution in [2.45, 2.75) is 12.1 Å². The summed E-state index contributed by atoms with van der Waals surface area (Å²) >= 11 is 0. The normalized spacial score (nSPS) is 13.2. The summed E-state index contributed by atoms with van der Waals surface area (Å²) in [6, 6.07) is 4.37. The van der Waals surface area contributed by atoms with Crippen LogP contribution < -0.4 is 0 Å². The molecular formula is C12H13F3O3. The molecule has 0 aliphatic carbocycles. The van der Waals surface area contributed by atoms with Crippen molar-refractivity contribution >= 4 is 5.97 Å². The van der Waals surface area contributed by atoms with E-state index >= 15 is 0 Å². The third kappa shape index (κ3) is 3.46. The zero-order valence-corrected chi connectivity index (χ0v) is 9.95. The molecule has 1 rings (SSSR count). The number of halogens is 3. The molecule has 0 aliphatic heterocycles. The van der Waals surface area contributed by atoms with Crippen LogP contribution in [0.25, 0.3) is 0 Å². The molecule has 0 aromatic heterocycles. The third-order valence-corrected chi connectivity index (χ3v) is 2.46. The summed E-state index contributed by atoms with van der Waals surface area (Å²) in [7, 11) is 2.62. The van der Waals surface area contributed by atoms with Gasteiger partial charge in [-0.2, -0.15) is 13.2 Å². The van der Waals surface area contributed by atoms with E-state index in [0.29, 0.717) is 5.56 Å². The SMILES string of the molecule is COCC(C(=O)OC)c1ccc(C(F)(F)F)cc1. The second-order valence-electron chi connectivity index (χ2n) is 3.65. The number of hydrogen-bond donors (Lipinski definition) is 0. The fraction of sp³-hybridized carbons (Fsp3) is 0.417. The summed E-state index contributed by atoms with van der Waals surface area (Å²) < 4.78 is 46.6. The van der Waals surface area contributed by atoms with Crippen molar-refractivity contribution in [1.29, 1.82) is 0 Å². The number of hydrogen-bond acceptors (Lipinski definition) is 3. The summed E-state index contributed by atoms with van der Waals surface area (Å²) in [4.78, 5) is 11.5. The van der Waals surface area contributed by atoms with Gasteiger partial charge < -0.3 is 9.47 Å². The molecule has 1 unspecified atom stereocenters. The Morgan fingerprint density at radius 2 is 1.78 bits per heavy atom. The van der Waals surface area contributed by atoms with E-state index in [-0.39, 0.29) is 6.61 Å². The Morgan fingerprint density at radius 1 is 1.22 bits per heavy atom. The maximum atomic E-state index is 12.4. The number of ether oxygens (including phenoxy) is 2. The van der Waals surface area contributed by atoms with Gasteiger partial charge in [-0.3, -0.25) is 4.79 Å². The smallest absolute Gasteiger partial charge is 0.416 e. The molecule has 0 fully saturated rings. The van der Waals surface area contributed by atoms with Gasteiger partial charge in [-0.15, -0.1) is 0 Å². The number of benzene rings is 1. The van der Waals surface area contributed by atoms with E-state index in [2.05, 4.69) is 4.74 Å². The number of rotatable bonds is 4. The lowest BCUT2D eigenvalue weighted by atomic mass is 9.99. The summed E-state index contributed by atoms with van der Waals surface area (Å²) in [6.07, 6.45) is -4.39. The van der Waals surface area contributed by atoms with Crippen molar-refractivity contribution in [3.8, 4) is 0 Å². The van der Waals surface area contributed by atoms with Gasteiger partial charge in [0.15, 0.2) is 0 Å². The first-order valence-electron chi connectivity index (χ1n) is 5.14. The van der Waals surface area contributed by atoms with Crippen molar-refractivity contribution in [2.24, 2.45) is 0 Å². The second kappa shape index (κ2) is 5.86. The maximum Gasteiger partial charge on any atom is 0.416 e. The molecule has 3 nitrogen and oxygen atoms in total. The maximum absolute atomic E-state index is 12.4. The van der Waals surface area contributed by atoms with Gasteiger partial charge >= 0.3 is 12.1 Å². The third-order valence-electron chi connectivity index (χ3n) is 2.46. The van der Waals surface area contributed by atoms with Crippen LogP contribution in [0.2, 0.25) is 0 Å². The van der Waals surface area contributed by atoms with E-state index in [1.165, 1.54) is 26.4 Å². The molecule has 0 radical (unpaired) electrons. The van der Waals surface area contributed by atoms with Crippen LogP contribution in [0, 0.1) is 0 Å². The molecule has 0 saturated carbocycles. The molecule has 0 heterocycles. The highest BCUT2D eigenvalue weighted by Crippen LogP contribution is 2.30. The Morgan fingerprint density at radius 3 is 2.17 bits per heavy atom. The minimum absolute atomic E-state index is 0.0536. The van der Waals surface area contributed by atoms with Crippen molar-refractivity contribution in [1.82, 2.24) is 0 Å². The molecule has 18 heavy (non-hydrogen) atoms. The average Bonchev–Trinajstić information content (AvgIpc) is 2.34. The highest BCUT2D eigenvalue weighted by atomic mass is 19.4. The van der Waals surface area contributed by atoms with Crippen LogP contribution in [-0.4, -0.2) is 26.8 Å². The molecule has 0 N–H and O–H groups in total. The number of carbonyl (C=O) groups is 1. The first kappa shape index (κ1) is 14.5. The largest absolute Gasteiger partial charge is 0.468 e. The fourth-order valence-corrected chi connectivity index (χ4v) is 1.51. The zero-order valence-electron chi connectivity index (χ0n) is 9.95. The Kier molecular flexibility index (Phi) is 4.72. The molecule has 0 bridgehead atoms. The highest BCUT2D eigenvalue weighted by molar-refractivity contribution is 5.78. The Bertz CT molecular complexity index is 398. The van der Waals surface area contributed by atoms with Crippen molar-refractivity contribution < 1.29 is 27.4 Å². The lowest BCUT2D eigenvalue weighted by Gasteiger charge is -2.15. The zero-order chi connectivity index (χ0) is 13.8. The Labute approximate surface area is 103 Å². The van der Waals surface area contributed by atoms with Gasteiger partial charge in [-0.1, -0.05) is 12.1 Å². The van der Waals surface area contributed by atoms with E-state index in [1.54, 1.807) is 0 Å². The van der Waals surface area contributed by atoms with Crippen LogP contribution in [0.5, 0.6) is 0 Å². The minimum Gasteiger partial charge on any atom is -0.468 e. The van der Waals surface area contributed by atoms with Crippen LogP contribution in [-0.2, 0) is 20.4 Å². The van der Waals surface area contributed by atoms with E-state index in [1.807, 2.05) is 0 Å². The quantitative estimate of drug-likeness (QED) is 0.782. The monoisotopic (exact) mass is 262 g/mol. The number of alkyl halides is 3. The lowest BCUT2D eigenvalue weighted by Crippen LogP contribution is -2.19. The minimum atomic E-state index is -4.39. The van der Waals surface area contributed by atoms with Gasteiger partial charge in [0, 0.05) is 7.11 Å². The number of methoxy groups -OCH3 is 2. The van der Waals surface area contributed by atoms with Crippen molar-refractivity contribution in [3.05, 3.63) is 35.4 Å². The molecule has 6 heteroatoms. The highest BCUT2D eigenvalue weighted by Gasteiger charge is 2.31. The Hall–Kier alpha value is -1.56. The molecule has 0 saturated heterocycles. The van der Waals surface area contributed by atoms with Crippen LogP contribution in [0.1, 0.15) is 17.0 Å². The Balaban J connectivity index is 2.97. The predicted octanol–water partition coefficient (Wildman–Crippen LogP) is 2.61. The van der Waals surface area contributed by atoms with Gasteiger partial charge in [-0.05, 0) is 17.7 Å². The molecule has 1 aromatic carbocycles. The molecule has 0 spiro atoms. The van der Waals surface area contributed by atoms with E-state index in [9.17, 15) is 18.0 Å². The fourth-order valence-electron chi connectivity index (χ4n) is 1.51. The van der Waals surface area contributed by atoms with Crippen molar-refractivity contribution in [3.63, 3.8) is 0 Å². The second-order valence-corrected chi connectivity index (χ2v) is 3.65. The number of carbonyl (C=O) groups excluding carboxylic acids is 1. The molecule has 1 atom stereocenters. The van der Waals surface area contributed by atoms with E-state index in [4.69, 9.17) is 4.74 Å². The van der Waals surface area contributed by atoms with Gasteiger partial charge in [0.25, 0.3) is 0 Å². The summed E-state index contributed by atoms with van der Waals surface area (Å²) in [5, 5.41) is 0. The average molecular weight is 262 g/mol. The lowest BCUT2D eigenvalue weighted by molar-refractivity contribution is -0.143. The van der Waals surface area contributed by atoms with Crippen molar-refractivity contribution in [2.75, 3.05) is 20.8 Å². The number of esters is 1. The van der Waals surface area contributed by atoms with Crippen LogP contribution >= 0.6 is 0 Å². The first-order valence-corrected chi connectivity index (χ1v) is 5.14. The van der Waals surface area contributed by atoms with E-state index < -0.39 is 23.6 Å². The van der Waals surface area contributed by atoms with E-state index in [0.717, 1.165) is 12.1 Å². The van der Waals surface area contributed by atoms with Crippen LogP contribution in [0.4, 0.5) is 13.2 Å². The van der Waals surface area contributed by atoms with Crippen LogP contribution in [0.15, 0.2) is 24.3 Å². The predicted molar refractivity (Wildman–Crippen MR) is 58.1 cm³/mol. The standard InChI is InChI=1S/C12H13F3O3/c1-17-7-10(11(16)18-2)8-3-5-9(6-4-8)12(13,14)15/h3-6,10H,7H2,1-2H3. The molecule has 0 aliphatic rings.